The van der Waals surface area contributed by atoms with Crippen molar-refractivity contribution in [2.45, 2.75) is 6.42 Å². The zero-order chi connectivity index (χ0) is 11.7. The van der Waals surface area contributed by atoms with Gasteiger partial charge in [0, 0.05) is 29.9 Å². The van der Waals surface area contributed by atoms with Crippen molar-refractivity contribution in [3.63, 3.8) is 0 Å². The van der Waals surface area contributed by atoms with E-state index in [4.69, 9.17) is 9.47 Å². The van der Waals surface area contributed by atoms with Gasteiger partial charge in [-0.3, -0.25) is 4.98 Å². The third kappa shape index (κ3) is 1.71. The van der Waals surface area contributed by atoms with E-state index in [0.29, 0.717) is 6.61 Å². The van der Waals surface area contributed by atoms with Gasteiger partial charge in [0.25, 0.3) is 0 Å². The van der Waals surface area contributed by atoms with Crippen molar-refractivity contribution in [1.29, 1.82) is 0 Å². The Balaban J connectivity index is 2.12. The van der Waals surface area contributed by atoms with Crippen LogP contribution in [0.25, 0.3) is 11.1 Å². The second kappa shape index (κ2) is 4.05. The third-order valence-electron chi connectivity index (χ3n) is 2.87. The predicted octanol–water partition coefficient (Wildman–Crippen LogP) is 2.09. The molecule has 0 unspecified atom stereocenters. The molecule has 1 aliphatic heterocycles. The average Bonchev–Trinajstić information content (AvgIpc) is 2.87. The number of hydrogen-bond acceptors (Lipinski definition) is 4. The lowest BCUT2D eigenvalue weighted by atomic mass is 10.0. The Kier molecular flexibility index (Phi) is 2.40. The van der Waals surface area contributed by atoms with E-state index in [9.17, 15) is 0 Å². The van der Waals surface area contributed by atoms with Crippen LogP contribution < -0.4 is 9.47 Å². The SMILES string of the molecule is COc1cncc(-c2ccnc3c2CCO3)c1. The molecule has 0 atom stereocenters. The summed E-state index contributed by atoms with van der Waals surface area (Å²) in [6, 6.07) is 3.96. The molecule has 0 aromatic carbocycles. The van der Waals surface area contributed by atoms with Crippen molar-refractivity contribution in [2.75, 3.05) is 13.7 Å². The van der Waals surface area contributed by atoms with Gasteiger partial charge in [-0.1, -0.05) is 0 Å². The van der Waals surface area contributed by atoms with Crippen LogP contribution in [-0.4, -0.2) is 23.7 Å². The number of aromatic nitrogens is 2. The number of pyridine rings is 2. The summed E-state index contributed by atoms with van der Waals surface area (Å²) in [5.74, 6) is 1.50. The highest BCUT2D eigenvalue weighted by Gasteiger charge is 2.18. The monoisotopic (exact) mass is 228 g/mol. The summed E-state index contributed by atoms with van der Waals surface area (Å²) in [6.45, 7) is 0.705. The molecule has 0 bridgehead atoms. The molecule has 2 aromatic rings. The van der Waals surface area contributed by atoms with Gasteiger partial charge >= 0.3 is 0 Å². The maximum Gasteiger partial charge on any atom is 0.217 e. The quantitative estimate of drug-likeness (QED) is 0.789. The first-order valence-corrected chi connectivity index (χ1v) is 5.48. The lowest BCUT2D eigenvalue weighted by molar-refractivity contribution is 0.345. The van der Waals surface area contributed by atoms with Gasteiger partial charge in [0.2, 0.25) is 5.88 Å². The van der Waals surface area contributed by atoms with E-state index in [1.807, 2.05) is 18.3 Å². The summed E-state index contributed by atoms with van der Waals surface area (Å²) in [4.78, 5) is 8.39. The zero-order valence-corrected chi connectivity index (χ0v) is 9.51. The van der Waals surface area contributed by atoms with E-state index in [1.54, 1.807) is 19.5 Å². The van der Waals surface area contributed by atoms with Crippen LogP contribution in [0.15, 0.2) is 30.7 Å². The molecule has 2 aromatic heterocycles. The van der Waals surface area contributed by atoms with E-state index in [-0.39, 0.29) is 0 Å². The Bertz CT molecular complexity index is 555. The standard InChI is InChI=1S/C13H12N2O2/c1-16-10-6-9(7-14-8-10)11-2-4-15-13-12(11)3-5-17-13/h2,4,6-8H,3,5H2,1H3. The maximum absolute atomic E-state index is 5.45. The fourth-order valence-electron chi connectivity index (χ4n) is 2.04. The number of methoxy groups -OCH3 is 1. The largest absolute Gasteiger partial charge is 0.495 e. The molecule has 0 radical (unpaired) electrons. The Labute approximate surface area is 99.2 Å². The predicted molar refractivity (Wildman–Crippen MR) is 63.2 cm³/mol. The Morgan fingerprint density at radius 3 is 3.18 bits per heavy atom. The first-order valence-electron chi connectivity index (χ1n) is 5.48. The van der Waals surface area contributed by atoms with Crippen molar-refractivity contribution < 1.29 is 9.47 Å². The summed E-state index contributed by atoms with van der Waals surface area (Å²) in [6.07, 6.45) is 6.19. The van der Waals surface area contributed by atoms with Crippen LogP contribution in [-0.2, 0) is 6.42 Å². The minimum atomic E-state index is 0.705. The third-order valence-corrected chi connectivity index (χ3v) is 2.87. The minimum absolute atomic E-state index is 0.705. The summed E-state index contributed by atoms with van der Waals surface area (Å²) in [5, 5.41) is 0. The second-order valence-electron chi connectivity index (χ2n) is 3.85. The molecular formula is C13H12N2O2. The van der Waals surface area contributed by atoms with Gasteiger partial charge in [0.1, 0.15) is 5.75 Å². The number of fused-ring (bicyclic) bond motifs is 1. The molecule has 4 heteroatoms. The average molecular weight is 228 g/mol. The smallest absolute Gasteiger partial charge is 0.217 e. The van der Waals surface area contributed by atoms with Crippen molar-refractivity contribution >= 4 is 0 Å². The van der Waals surface area contributed by atoms with Gasteiger partial charge < -0.3 is 9.47 Å². The summed E-state index contributed by atoms with van der Waals surface area (Å²) >= 11 is 0. The van der Waals surface area contributed by atoms with Crippen LogP contribution >= 0.6 is 0 Å². The molecule has 0 saturated carbocycles. The molecule has 0 fully saturated rings. The first kappa shape index (κ1) is 10.1. The van der Waals surface area contributed by atoms with E-state index in [1.165, 1.54) is 0 Å². The molecule has 0 amide bonds. The second-order valence-corrected chi connectivity index (χ2v) is 3.85. The van der Waals surface area contributed by atoms with E-state index in [0.717, 1.165) is 34.7 Å². The molecule has 86 valence electrons. The van der Waals surface area contributed by atoms with Gasteiger partial charge in [0.05, 0.1) is 19.9 Å². The Hall–Kier alpha value is -2.10. The van der Waals surface area contributed by atoms with Crippen LogP contribution in [0.5, 0.6) is 11.6 Å². The number of ether oxygens (including phenoxy) is 2. The van der Waals surface area contributed by atoms with Crippen molar-refractivity contribution in [3.8, 4) is 22.8 Å². The molecule has 0 saturated heterocycles. The van der Waals surface area contributed by atoms with Crippen molar-refractivity contribution in [2.24, 2.45) is 0 Å². The van der Waals surface area contributed by atoms with E-state index < -0.39 is 0 Å². The summed E-state index contributed by atoms with van der Waals surface area (Å²) in [5.41, 5.74) is 3.31. The number of hydrogen-bond donors (Lipinski definition) is 0. The molecular weight excluding hydrogens is 216 g/mol. The normalized spacial score (nSPS) is 13.0. The molecule has 17 heavy (non-hydrogen) atoms. The van der Waals surface area contributed by atoms with Crippen molar-refractivity contribution in [3.05, 3.63) is 36.3 Å². The molecule has 0 aliphatic carbocycles. The highest BCUT2D eigenvalue weighted by molar-refractivity contribution is 5.69. The fourth-order valence-corrected chi connectivity index (χ4v) is 2.04. The zero-order valence-electron chi connectivity index (χ0n) is 9.51. The molecule has 4 nitrogen and oxygen atoms in total. The van der Waals surface area contributed by atoms with Crippen LogP contribution in [0.2, 0.25) is 0 Å². The highest BCUT2D eigenvalue weighted by Crippen LogP contribution is 2.33. The van der Waals surface area contributed by atoms with E-state index in [2.05, 4.69) is 9.97 Å². The van der Waals surface area contributed by atoms with Gasteiger partial charge in [-0.25, -0.2) is 4.98 Å². The number of nitrogens with zero attached hydrogens (tertiary/aromatic N) is 2. The van der Waals surface area contributed by atoms with Crippen molar-refractivity contribution in [1.82, 2.24) is 9.97 Å². The minimum Gasteiger partial charge on any atom is -0.495 e. The Morgan fingerprint density at radius 1 is 1.35 bits per heavy atom. The van der Waals surface area contributed by atoms with Gasteiger partial charge in [-0.15, -0.1) is 0 Å². The molecule has 1 aliphatic rings. The molecule has 3 rings (SSSR count). The Morgan fingerprint density at radius 2 is 2.29 bits per heavy atom. The van der Waals surface area contributed by atoms with Gasteiger partial charge in [-0.2, -0.15) is 0 Å². The van der Waals surface area contributed by atoms with Crippen LogP contribution in [0.1, 0.15) is 5.56 Å². The van der Waals surface area contributed by atoms with E-state index >= 15 is 0 Å². The molecule has 3 heterocycles. The molecule has 0 spiro atoms. The lowest BCUT2D eigenvalue weighted by Gasteiger charge is -2.07. The first-order chi connectivity index (χ1) is 8.38. The summed E-state index contributed by atoms with van der Waals surface area (Å²) in [7, 11) is 1.64. The fraction of sp³-hybridized carbons (Fsp3) is 0.231. The maximum atomic E-state index is 5.45. The summed E-state index contributed by atoms with van der Waals surface area (Å²) < 4.78 is 10.6. The topological polar surface area (TPSA) is 44.2 Å². The lowest BCUT2D eigenvalue weighted by Crippen LogP contribution is -1.90. The van der Waals surface area contributed by atoms with Crippen LogP contribution in [0.4, 0.5) is 0 Å². The van der Waals surface area contributed by atoms with Crippen LogP contribution in [0.3, 0.4) is 0 Å². The van der Waals surface area contributed by atoms with Gasteiger partial charge in [-0.05, 0) is 17.7 Å². The number of rotatable bonds is 2. The van der Waals surface area contributed by atoms with Crippen LogP contribution in [0, 0.1) is 0 Å². The molecule has 0 N–H and O–H groups in total. The van der Waals surface area contributed by atoms with Gasteiger partial charge in [0.15, 0.2) is 0 Å². The highest BCUT2D eigenvalue weighted by atomic mass is 16.5.